The zero-order valence-electron chi connectivity index (χ0n) is 22.6. The van der Waals surface area contributed by atoms with E-state index in [1.54, 1.807) is 6.92 Å². The van der Waals surface area contributed by atoms with Gasteiger partial charge in [-0.2, -0.15) is 13.2 Å². The van der Waals surface area contributed by atoms with Crippen molar-refractivity contribution in [1.82, 2.24) is 0 Å². The van der Waals surface area contributed by atoms with Crippen LogP contribution < -0.4 is 0 Å². The fourth-order valence-corrected chi connectivity index (χ4v) is 6.53. The van der Waals surface area contributed by atoms with Gasteiger partial charge in [-0.3, -0.25) is 9.59 Å². The fraction of sp³-hybridized carbons (Fsp3) is 0.567. The van der Waals surface area contributed by atoms with Gasteiger partial charge in [-0.05, 0) is 79.7 Å². The number of carbonyl (C=O) groups excluding carboxylic acids is 3. The Balaban J connectivity index is 1.72. The van der Waals surface area contributed by atoms with Gasteiger partial charge in [-0.1, -0.05) is 38.5 Å². The summed E-state index contributed by atoms with van der Waals surface area (Å²) in [5.41, 5.74) is -0.837. The maximum atomic E-state index is 14.1. The summed E-state index contributed by atoms with van der Waals surface area (Å²) in [4.78, 5) is 39.4. The van der Waals surface area contributed by atoms with Crippen molar-refractivity contribution in [2.45, 2.75) is 78.7 Å². The molecule has 0 N–H and O–H groups in total. The maximum Gasteiger partial charge on any atom is 0.416 e. The monoisotopic (exact) mass is 532 g/mol. The summed E-state index contributed by atoms with van der Waals surface area (Å²) in [5, 5.41) is 0. The molecule has 2 saturated carbocycles. The number of esters is 2. The molecule has 0 amide bonds. The Bertz CT molecular complexity index is 1190. The van der Waals surface area contributed by atoms with Gasteiger partial charge in [0.1, 0.15) is 6.10 Å². The minimum absolute atomic E-state index is 0.0303. The first-order chi connectivity index (χ1) is 17.6. The summed E-state index contributed by atoms with van der Waals surface area (Å²) >= 11 is 0. The molecule has 3 aliphatic rings. The van der Waals surface area contributed by atoms with Crippen molar-refractivity contribution in [2.75, 3.05) is 0 Å². The van der Waals surface area contributed by atoms with Crippen LogP contribution in [0, 0.1) is 29.1 Å². The lowest BCUT2D eigenvalue weighted by molar-refractivity contribution is -0.168. The third kappa shape index (κ3) is 5.06. The molecule has 5 nitrogen and oxygen atoms in total. The molecule has 206 valence electrons. The van der Waals surface area contributed by atoms with E-state index in [2.05, 4.69) is 13.8 Å². The van der Waals surface area contributed by atoms with Gasteiger partial charge in [-0.25, -0.2) is 4.79 Å². The van der Waals surface area contributed by atoms with Crippen LogP contribution in [0.4, 0.5) is 13.2 Å². The second-order valence-electron chi connectivity index (χ2n) is 11.8. The number of rotatable bonds is 3. The number of Topliss-reactive ketones (excluding diaryl/α,β-unsaturated/α-hetero) is 1. The van der Waals surface area contributed by atoms with E-state index in [0.717, 1.165) is 42.7 Å². The molecule has 38 heavy (non-hydrogen) atoms. The first kappa shape index (κ1) is 28.1. The Labute approximate surface area is 221 Å². The number of hydrogen-bond acceptors (Lipinski definition) is 5. The Hall–Kier alpha value is -2.90. The second kappa shape index (κ2) is 9.69. The van der Waals surface area contributed by atoms with Gasteiger partial charge >= 0.3 is 18.1 Å². The number of ketones is 1. The standard InChI is InChI=1S/C30H35F3O5/c1-16-7-12-22-23(28(22,5)6)14-17(2)26(35)29(38-19(4)34)15-18(3)25(24(29)13-16)37-27(36)20-8-10-21(11-9-20)30(31,32)33/h8-11,13-14,18,22-25H,7,12,15H2,1-6H3/b16-13+,17-14+/t18-,22-,23+,24-,25-,29+/m0/s1. The van der Waals surface area contributed by atoms with E-state index >= 15 is 0 Å². The highest BCUT2D eigenvalue weighted by Crippen LogP contribution is 2.62. The molecule has 0 saturated heterocycles. The lowest BCUT2D eigenvalue weighted by Crippen LogP contribution is -2.48. The summed E-state index contributed by atoms with van der Waals surface area (Å²) < 4.78 is 50.6. The number of benzene rings is 1. The van der Waals surface area contributed by atoms with Gasteiger partial charge in [0.2, 0.25) is 5.78 Å². The highest BCUT2D eigenvalue weighted by molar-refractivity contribution is 6.03. The van der Waals surface area contributed by atoms with Crippen LogP contribution in [0.5, 0.6) is 0 Å². The lowest BCUT2D eigenvalue weighted by Gasteiger charge is -2.34. The molecule has 1 aromatic carbocycles. The number of ether oxygens (including phenoxy) is 2. The average Bonchev–Trinajstić information content (AvgIpc) is 3.23. The summed E-state index contributed by atoms with van der Waals surface area (Å²) in [6, 6.07) is 3.82. The van der Waals surface area contributed by atoms with E-state index < -0.39 is 41.3 Å². The average molecular weight is 533 g/mol. The molecule has 0 aliphatic heterocycles. The van der Waals surface area contributed by atoms with Crippen molar-refractivity contribution in [3.63, 3.8) is 0 Å². The second-order valence-corrected chi connectivity index (χ2v) is 11.8. The highest BCUT2D eigenvalue weighted by atomic mass is 19.4. The van der Waals surface area contributed by atoms with Crippen molar-refractivity contribution in [2.24, 2.45) is 29.1 Å². The molecule has 0 unspecified atom stereocenters. The number of halogens is 3. The molecule has 4 rings (SSSR count). The number of fused-ring (bicyclic) bond motifs is 2. The molecular formula is C30H35F3O5. The molecule has 0 bridgehead atoms. The molecule has 0 radical (unpaired) electrons. The van der Waals surface area contributed by atoms with Gasteiger partial charge < -0.3 is 9.47 Å². The quantitative estimate of drug-likeness (QED) is 0.319. The van der Waals surface area contributed by atoms with Gasteiger partial charge in [-0.15, -0.1) is 0 Å². The van der Waals surface area contributed by atoms with Crippen LogP contribution in [0.3, 0.4) is 0 Å². The van der Waals surface area contributed by atoms with E-state index in [9.17, 15) is 27.6 Å². The Morgan fingerprint density at radius 3 is 2.24 bits per heavy atom. The molecule has 0 aromatic heterocycles. The molecule has 0 heterocycles. The molecular weight excluding hydrogens is 497 g/mol. The molecule has 3 aliphatic carbocycles. The summed E-state index contributed by atoms with van der Waals surface area (Å²) in [5.74, 6) is -2.11. The largest absolute Gasteiger partial charge is 0.458 e. The first-order valence-corrected chi connectivity index (χ1v) is 13.1. The zero-order valence-corrected chi connectivity index (χ0v) is 22.6. The van der Waals surface area contributed by atoms with Crippen molar-refractivity contribution < 1.29 is 37.0 Å². The summed E-state index contributed by atoms with van der Waals surface area (Å²) in [7, 11) is 0. The summed E-state index contributed by atoms with van der Waals surface area (Å²) in [6.45, 7) is 11.2. The number of allylic oxidation sites excluding steroid dienone is 2. The predicted molar refractivity (Wildman–Crippen MR) is 135 cm³/mol. The van der Waals surface area contributed by atoms with Crippen LogP contribution in [-0.2, 0) is 25.2 Å². The molecule has 0 spiro atoms. The molecule has 8 heteroatoms. The molecule has 2 fully saturated rings. The fourth-order valence-electron chi connectivity index (χ4n) is 6.53. The van der Waals surface area contributed by atoms with Crippen LogP contribution in [0.25, 0.3) is 0 Å². The van der Waals surface area contributed by atoms with Crippen molar-refractivity contribution in [3.05, 3.63) is 58.7 Å². The Morgan fingerprint density at radius 1 is 1.03 bits per heavy atom. The molecule has 1 aromatic rings. The van der Waals surface area contributed by atoms with E-state index in [4.69, 9.17) is 9.47 Å². The van der Waals surface area contributed by atoms with Crippen LogP contribution in [-0.4, -0.2) is 29.4 Å². The zero-order chi connectivity index (χ0) is 28.2. The minimum Gasteiger partial charge on any atom is -0.458 e. The van der Waals surface area contributed by atoms with Crippen LogP contribution in [0.2, 0.25) is 0 Å². The summed E-state index contributed by atoms with van der Waals surface area (Å²) in [6.07, 6.45) is 0.448. The van der Waals surface area contributed by atoms with Gasteiger partial charge in [0.05, 0.1) is 17.0 Å². The highest BCUT2D eigenvalue weighted by Gasteiger charge is 2.61. The smallest absolute Gasteiger partial charge is 0.416 e. The van der Waals surface area contributed by atoms with Crippen molar-refractivity contribution in [1.29, 1.82) is 0 Å². The lowest BCUT2D eigenvalue weighted by atomic mass is 9.81. The van der Waals surface area contributed by atoms with Gasteiger partial charge in [0.15, 0.2) is 5.60 Å². The third-order valence-electron chi connectivity index (χ3n) is 8.72. The van der Waals surface area contributed by atoms with Crippen LogP contribution >= 0.6 is 0 Å². The maximum absolute atomic E-state index is 14.1. The topological polar surface area (TPSA) is 69.7 Å². The predicted octanol–water partition coefficient (Wildman–Crippen LogP) is 6.72. The van der Waals surface area contributed by atoms with E-state index in [1.807, 2.05) is 26.0 Å². The van der Waals surface area contributed by atoms with Crippen molar-refractivity contribution >= 4 is 17.7 Å². The number of alkyl halides is 3. The van der Waals surface area contributed by atoms with E-state index in [-0.39, 0.29) is 35.0 Å². The number of carbonyl (C=O) groups is 3. The number of hydrogen-bond donors (Lipinski definition) is 0. The Morgan fingerprint density at radius 2 is 1.66 bits per heavy atom. The third-order valence-corrected chi connectivity index (χ3v) is 8.72. The SMILES string of the molecule is CC(=O)O[C@]12C[C@H](C)[C@H](OC(=O)c3ccc(C(F)(F)F)cc3)[C@@H]1/C=C(\C)CC[C@H]1[C@@H](/C=C(\C)C2=O)C1(C)C. The molecule has 6 atom stereocenters. The van der Waals surface area contributed by atoms with Gasteiger partial charge in [0, 0.05) is 13.3 Å². The first-order valence-electron chi connectivity index (χ1n) is 13.1. The normalized spacial score (nSPS) is 35.4. The van der Waals surface area contributed by atoms with E-state index in [1.165, 1.54) is 6.92 Å². The van der Waals surface area contributed by atoms with Crippen LogP contribution in [0.1, 0.15) is 76.7 Å². The Kier molecular flexibility index (Phi) is 7.17. The van der Waals surface area contributed by atoms with Crippen LogP contribution in [0.15, 0.2) is 47.6 Å². The van der Waals surface area contributed by atoms with Crippen molar-refractivity contribution in [3.8, 4) is 0 Å². The van der Waals surface area contributed by atoms with E-state index in [0.29, 0.717) is 11.5 Å². The minimum atomic E-state index is -4.52. The van der Waals surface area contributed by atoms with Gasteiger partial charge in [0.25, 0.3) is 0 Å².